The molecule has 1 aliphatic heterocycles. The molecule has 9 heteroatoms. The van der Waals surface area contributed by atoms with E-state index < -0.39 is 17.6 Å². The van der Waals surface area contributed by atoms with Crippen molar-refractivity contribution in [3.05, 3.63) is 70.1 Å². The minimum Gasteiger partial charge on any atom is -0.352 e. The Hall–Kier alpha value is -3.20. The van der Waals surface area contributed by atoms with Crippen molar-refractivity contribution in [2.75, 3.05) is 11.9 Å². The van der Waals surface area contributed by atoms with Crippen LogP contribution in [0, 0.1) is 0 Å². The van der Waals surface area contributed by atoms with Gasteiger partial charge in [-0.15, -0.1) is 0 Å². The molecule has 0 unspecified atom stereocenters. The lowest BCUT2D eigenvalue weighted by Crippen LogP contribution is -2.32. The molecule has 2 N–H and O–H groups in total. The number of fused-ring (bicyclic) bond motifs is 1. The molecular formula is C20H14F3N3O2S. The third kappa shape index (κ3) is 3.86. The van der Waals surface area contributed by atoms with E-state index in [0.29, 0.717) is 24.2 Å². The van der Waals surface area contributed by atoms with E-state index in [1.807, 2.05) is 0 Å². The lowest BCUT2D eigenvalue weighted by atomic mass is 9.97. The van der Waals surface area contributed by atoms with E-state index in [9.17, 15) is 22.8 Å². The van der Waals surface area contributed by atoms with Gasteiger partial charge >= 0.3 is 6.18 Å². The van der Waals surface area contributed by atoms with Gasteiger partial charge in [-0.3, -0.25) is 9.59 Å². The molecule has 4 rings (SSSR count). The molecule has 0 saturated carbocycles. The molecule has 1 aliphatic rings. The summed E-state index contributed by atoms with van der Waals surface area (Å²) in [6.07, 6.45) is -3.78. The van der Waals surface area contributed by atoms with Crippen LogP contribution in [0.1, 0.15) is 31.8 Å². The van der Waals surface area contributed by atoms with Crippen molar-refractivity contribution in [3.8, 4) is 11.3 Å². The zero-order valence-electron chi connectivity index (χ0n) is 14.8. The van der Waals surface area contributed by atoms with Crippen LogP contribution in [0.4, 0.5) is 18.9 Å². The molecule has 2 heterocycles. The third-order valence-corrected chi connectivity index (χ3v) is 5.21. The van der Waals surface area contributed by atoms with Crippen LogP contribution >= 0.6 is 11.5 Å². The van der Waals surface area contributed by atoms with Crippen LogP contribution in [-0.4, -0.2) is 22.7 Å². The molecule has 2 aromatic carbocycles. The summed E-state index contributed by atoms with van der Waals surface area (Å²) in [7, 11) is 0. The topological polar surface area (TPSA) is 71.1 Å². The molecule has 0 aliphatic carbocycles. The number of alkyl halides is 3. The summed E-state index contributed by atoms with van der Waals surface area (Å²) >= 11 is 1.02. The van der Waals surface area contributed by atoms with Crippen LogP contribution in [0.15, 0.2) is 47.8 Å². The number of aromatic nitrogens is 1. The molecule has 148 valence electrons. The number of carbonyl (C=O) groups is 2. The van der Waals surface area contributed by atoms with Gasteiger partial charge in [-0.05, 0) is 47.8 Å². The van der Waals surface area contributed by atoms with E-state index in [2.05, 4.69) is 15.0 Å². The lowest BCUT2D eigenvalue weighted by molar-refractivity contribution is -0.137. The Morgan fingerprint density at radius 1 is 1.17 bits per heavy atom. The van der Waals surface area contributed by atoms with E-state index in [0.717, 1.165) is 29.2 Å². The molecule has 0 bridgehead atoms. The van der Waals surface area contributed by atoms with Gasteiger partial charge in [-0.1, -0.05) is 18.2 Å². The van der Waals surface area contributed by atoms with Crippen LogP contribution in [-0.2, 0) is 12.6 Å². The second kappa shape index (κ2) is 7.32. The van der Waals surface area contributed by atoms with Crippen molar-refractivity contribution in [1.82, 2.24) is 9.69 Å². The fourth-order valence-corrected chi connectivity index (χ4v) is 3.76. The largest absolute Gasteiger partial charge is 0.416 e. The molecule has 3 aromatic rings. The number of hydrogen-bond acceptors (Lipinski definition) is 4. The fourth-order valence-electron chi connectivity index (χ4n) is 3.12. The fraction of sp³-hybridized carbons (Fsp3) is 0.150. The summed E-state index contributed by atoms with van der Waals surface area (Å²) in [6, 6.07) is 9.65. The highest BCUT2D eigenvalue weighted by atomic mass is 32.1. The summed E-state index contributed by atoms with van der Waals surface area (Å²) < 4.78 is 43.1. The molecule has 0 spiro atoms. The Balaban J connectivity index is 1.61. The third-order valence-electron chi connectivity index (χ3n) is 4.58. The molecule has 0 atom stereocenters. The highest BCUT2D eigenvalue weighted by molar-refractivity contribution is 7.04. The van der Waals surface area contributed by atoms with E-state index in [4.69, 9.17) is 0 Å². The number of carbonyl (C=O) groups excluding carboxylic acids is 2. The maximum atomic E-state index is 13.0. The molecule has 5 nitrogen and oxygen atoms in total. The van der Waals surface area contributed by atoms with E-state index in [1.54, 1.807) is 17.5 Å². The first-order chi connectivity index (χ1) is 13.8. The number of halogens is 3. The summed E-state index contributed by atoms with van der Waals surface area (Å²) in [5.41, 5.74) is 1.62. The number of rotatable bonds is 3. The lowest BCUT2D eigenvalue weighted by Gasteiger charge is -2.17. The number of hydrogen-bond donors (Lipinski definition) is 2. The minimum atomic E-state index is -4.47. The molecule has 2 amide bonds. The Bertz CT molecular complexity index is 1110. The van der Waals surface area contributed by atoms with Gasteiger partial charge in [0.1, 0.15) is 5.69 Å². The maximum Gasteiger partial charge on any atom is 0.416 e. The maximum absolute atomic E-state index is 13.0. The van der Waals surface area contributed by atoms with Gasteiger partial charge in [0.15, 0.2) is 0 Å². The van der Waals surface area contributed by atoms with Crippen molar-refractivity contribution in [2.24, 2.45) is 0 Å². The van der Waals surface area contributed by atoms with E-state index in [-0.39, 0.29) is 22.7 Å². The standard InChI is InChI=1S/C20H14F3N3O2S/c21-20(22,23)14-3-1-2-12(8-14)17-16(10-29-26-17)25-18(27)13-5-4-11-6-7-24-19(28)15(11)9-13/h1-5,8-10H,6-7H2,(H,24,28)(H,25,27). The molecule has 0 fully saturated rings. The van der Waals surface area contributed by atoms with Crippen molar-refractivity contribution < 1.29 is 22.8 Å². The summed E-state index contributed by atoms with van der Waals surface area (Å²) in [5, 5.41) is 6.96. The van der Waals surface area contributed by atoms with Crippen LogP contribution < -0.4 is 10.6 Å². The summed E-state index contributed by atoms with van der Waals surface area (Å²) in [4.78, 5) is 24.7. The smallest absolute Gasteiger partial charge is 0.352 e. The van der Waals surface area contributed by atoms with Gasteiger partial charge in [0.2, 0.25) is 0 Å². The van der Waals surface area contributed by atoms with E-state index in [1.165, 1.54) is 18.2 Å². The predicted molar refractivity (Wildman–Crippen MR) is 103 cm³/mol. The molecule has 0 radical (unpaired) electrons. The van der Waals surface area contributed by atoms with Crippen molar-refractivity contribution in [3.63, 3.8) is 0 Å². The Labute approximate surface area is 167 Å². The van der Waals surface area contributed by atoms with Crippen LogP contribution in [0.25, 0.3) is 11.3 Å². The van der Waals surface area contributed by atoms with Crippen molar-refractivity contribution >= 4 is 29.0 Å². The minimum absolute atomic E-state index is 0.234. The van der Waals surface area contributed by atoms with Crippen LogP contribution in [0.3, 0.4) is 0 Å². The second-order valence-corrected chi connectivity index (χ2v) is 7.12. The second-order valence-electron chi connectivity index (χ2n) is 6.49. The number of amides is 2. The monoisotopic (exact) mass is 417 g/mol. The Kier molecular flexibility index (Phi) is 4.83. The molecule has 0 saturated heterocycles. The molecule has 29 heavy (non-hydrogen) atoms. The molecule has 1 aromatic heterocycles. The Morgan fingerprint density at radius 2 is 2.00 bits per heavy atom. The van der Waals surface area contributed by atoms with Crippen LogP contribution in [0.2, 0.25) is 0 Å². The van der Waals surface area contributed by atoms with Gasteiger partial charge in [0.05, 0.1) is 11.3 Å². The van der Waals surface area contributed by atoms with Crippen molar-refractivity contribution in [1.29, 1.82) is 0 Å². The van der Waals surface area contributed by atoms with Gasteiger partial charge in [0, 0.05) is 28.6 Å². The average Bonchev–Trinajstić information content (AvgIpc) is 3.15. The number of benzene rings is 2. The van der Waals surface area contributed by atoms with Crippen LogP contribution in [0.5, 0.6) is 0 Å². The molecular weight excluding hydrogens is 403 g/mol. The zero-order chi connectivity index (χ0) is 20.6. The average molecular weight is 417 g/mol. The van der Waals surface area contributed by atoms with Gasteiger partial charge in [-0.25, -0.2) is 0 Å². The number of nitrogens with zero attached hydrogens (tertiary/aromatic N) is 1. The number of anilines is 1. The predicted octanol–water partition coefficient (Wildman–Crippen LogP) is 4.37. The highest BCUT2D eigenvalue weighted by Crippen LogP contribution is 2.34. The first kappa shape index (κ1) is 19.1. The summed E-state index contributed by atoms with van der Waals surface area (Å²) in [6.45, 7) is 0.554. The van der Waals surface area contributed by atoms with Gasteiger partial charge < -0.3 is 10.6 Å². The quantitative estimate of drug-likeness (QED) is 0.665. The normalized spacial score (nSPS) is 13.6. The van der Waals surface area contributed by atoms with Gasteiger partial charge in [-0.2, -0.15) is 17.5 Å². The number of nitrogens with one attached hydrogen (secondary N) is 2. The first-order valence-electron chi connectivity index (χ1n) is 8.67. The first-order valence-corrected chi connectivity index (χ1v) is 9.51. The SMILES string of the molecule is O=C(Nc1csnc1-c1cccc(C(F)(F)F)c1)c1ccc2c(c1)C(=O)NCC2. The zero-order valence-corrected chi connectivity index (χ0v) is 15.7. The van der Waals surface area contributed by atoms with Crippen molar-refractivity contribution in [2.45, 2.75) is 12.6 Å². The van der Waals surface area contributed by atoms with Gasteiger partial charge in [0.25, 0.3) is 11.8 Å². The van der Waals surface area contributed by atoms with E-state index >= 15 is 0 Å². The highest BCUT2D eigenvalue weighted by Gasteiger charge is 2.31. The summed E-state index contributed by atoms with van der Waals surface area (Å²) in [5.74, 6) is -0.706. The Morgan fingerprint density at radius 3 is 2.79 bits per heavy atom.